The van der Waals surface area contributed by atoms with Crippen molar-refractivity contribution in [3.63, 3.8) is 0 Å². The molecule has 0 bridgehead atoms. The molecular weight excluding hydrogens is 430 g/mol. The van der Waals surface area contributed by atoms with Gasteiger partial charge in [-0.2, -0.15) is 0 Å². The molecule has 0 spiro atoms. The van der Waals surface area contributed by atoms with Crippen LogP contribution in [0.2, 0.25) is 0 Å². The quantitative estimate of drug-likeness (QED) is 0.240. The topological polar surface area (TPSA) is 143 Å². The lowest BCUT2D eigenvalue weighted by molar-refractivity contribution is -0.771. The lowest BCUT2D eigenvalue weighted by Gasteiger charge is -2.30. The summed E-state index contributed by atoms with van der Waals surface area (Å²) < 4.78 is 5.60. The summed E-state index contributed by atoms with van der Waals surface area (Å²) in [6.07, 6.45) is 3.16. The Balaban J connectivity index is 1.68. The van der Waals surface area contributed by atoms with Crippen molar-refractivity contribution in [3.05, 3.63) is 39.9 Å². The Morgan fingerprint density at radius 2 is 2.03 bits per heavy atom. The third-order valence-corrected chi connectivity index (χ3v) is 5.89. The van der Waals surface area contributed by atoms with Gasteiger partial charge in [0.05, 0.1) is 6.61 Å². The Morgan fingerprint density at radius 3 is 2.76 bits per heavy atom. The summed E-state index contributed by atoms with van der Waals surface area (Å²) in [5.41, 5.74) is 0.107. The second-order valence-corrected chi connectivity index (χ2v) is 9.22. The zero-order valence-corrected chi connectivity index (χ0v) is 19.5. The number of aliphatic hydroxyl groups is 2. The molecule has 1 aromatic carbocycles. The molecular formula is C23H37N3O7. The highest BCUT2D eigenvalue weighted by atomic mass is 17.0. The molecule has 186 valence electrons. The number of benzene rings is 1. The Bertz CT molecular complexity index is 759. The van der Waals surface area contributed by atoms with Crippen LogP contribution in [0.1, 0.15) is 57.9 Å². The molecule has 33 heavy (non-hydrogen) atoms. The maximum Gasteiger partial charge on any atom is 0.294 e. The molecule has 10 nitrogen and oxygen atoms in total. The van der Waals surface area contributed by atoms with E-state index in [1.807, 2.05) is 13.8 Å². The maximum absolute atomic E-state index is 12.4. The normalized spacial score (nSPS) is 19.5. The van der Waals surface area contributed by atoms with Crippen LogP contribution in [0.3, 0.4) is 0 Å². The van der Waals surface area contributed by atoms with Crippen LogP contribution < -0.4 is 15.4 Å². The number of hydrogen-bond acceptors (Lipinski definition) is 8. The van der Waals surface area contributed by atoms with Crippen molar-refractivity contribution in [2.45, 2.75) is 76.7 Å². The number of amides is 1. The summed E-state index contributed by atoms with van der Waals surface area (Å²) in [7, 11) is 0. The Kier molecular flexibility index (Phi) is 10.8. The van der Waals surface area contributed by atoms with Gasteiger partial charge in [0.25, 0.3) is 5.09 Å². The largest absolute Gasteiger partial charge is 0.490 e. The third-order valence-electron chi connectivity index (χ3n) is 5.89. The number of nitrogens with one attached hydrogen (secondary N) is 2. The lowest BCUT2D eigenvalue weighted by Crippen LogP contribution is -2.47. The molecule has 1 unspecified atom stereocenters. The lowest BCUT2D eigenvalue weighted by atomic mass is 9.84. The average molecular weight is 468 g/mol. The second-order valence-electron chi connectivity index (χ2n) is 9.22. The smallest absolute Gasteiger partial charge is 0.294 e. The van der Waals surface area contributed by atoms with Gasteiger partial charge in [0.15, 0.2) is 0 Å². The van der Waals surface area contributed by atoms with Gasteiger partial charge in [-0.25, -0.2) is 0 Å². The maximum atomic E-state index is 12.4. The van der Waals surface area contributed by atoms with E-state index in [-0.39, 0.29) is 38.0 Å². The van der Waals surface area contributed by atoms with Crippen LogP contribution in [0.25, 0.3) is 0 Å². The van der Waals surface area contributed by atoms with Crippen molar-refractivity contribution in [2.75, 3.05) is 19.7 Å². The number of aliphatic hydroxyl groups excluding tert-OH is 2. The van der Waals surface area contributed by atoms with Gasteiger partial charge in [-0.05, 0) is 45.1 Å². The summed E-state index contributed by atoms with van der Waals surface area (Å²) in [6, 6.07) is 7.09. The number of rotatable bonds is 14. The first-order valence-electron chi connectivity index (χ1n) is 11.5. The summed E-state index contributed by atoms with van der Waals surface area (Å²) in [4.78, 5) is 27.9. The average Bonchev–Trinajstić information content (AvgIpc) is 2.77. The highest BCUT2D eigenvalue weighted by molar-refractivity contribution is 5.77. The van der Waals surface area contributed by atoms with Gasteiger partial charge in [-0.3, -0.25) is 4.79 Å². The van der Waals surface area contributed by atoms with Crippen LogP contribution in [-0.2, 0) is 16.2 Å². The summed E-state index contributed by atoms with van der Waals surface area (Å²) >= 11 is 0. The van der Waals surface area contributed by atoms with E-state index < -0.39 is 22.8 Å². The summed E-state index contributed by atoms with van der Waals surface area (Å²) in [6.45, 7) is 4.35. The minimum absolute atomic E-state index is 0.0566. The molecule has 0 saturated heterocycles. The van der Waals surface area contributed by atoms with Gasteiger partial charge in [0.2, 0.25) is 5.91 Å². The first-order chi connectivity index (χ1) is 15.7. The van der Waals surface area contributed by atoms with E-state index in [1.54, 1.807) is 24.3 Å². The first-order valence-corrected chi connectivity index (χ1v) is 11.5. The van der Waals surface area contributed by atoms with Crippen molar-refractivity contribution >= 4 is 5.91 Å². The molecule has 1 fully saturated rings. The molecule has 1 amide bonds. The Morgan fingerprint density at radius 1 is 1.30 bits per heavy atom. The van der Waals surface area contributed by atoms with Crippen molar-refractivity contribution in [1.82, 2.24) is 10.6 Å². The predicted molar refractivity (Wildman–Crippen MR) is 122 cm³/mol. The minimum atomic E-state index is -0.788. The van der Waals surface area contributed by atoms with Crippen LogP contribution >= 0.6 is 0 Å². The molecule has 1 aliphatic carbocycles. The van der Waals surface area contributed by atoms with Gasteiger partial charge >= 0.3 is 0 Å². The van der Waals surface area contributed by atoms with Crippen LogP contribution in [0.5, 0.6) is 5.75 Å². The number of carbonyl (C=O) groups excluding carboxylic acids is 1. The van der Waals surface area contributed by atoms with E-state index in [0.29, 0.717) is 30.7 Å². The standard InChI is InChI=1S/C23H37N3O7/c1-23(2,25-14-19(28)16-32-20-9-5-4-8-18(20)15-27)13-22(29)24-12-11-17-7-3-6-10-21(17)33-26(30)31/h4-5,8-9,17,19,21,25,27-28H,3,6-7,10-16H2,1-2H3,(H,24,29)/t17-,19?,21+/m0/s1. The fourth-order valence-electron chi connectivity index (χ4n) is 4.09. The molecule has 3 atom stereocenters. The molecule has 0 aromatic heterocycles. The number of para-hydroxylation sites is 1. The SMILES string of the molecule is CC(C)(CC(=O)NCC[C@@H]1CCCC[C@H]1O[N+](=O)[O-])NCC(O)COc1ccccc1CO. The van der Waals surface area contributed by atoms with E-state index >= 15 is 0 Å². The fraction of sp³-hybridized carbons (Fsp3) is 0.696. The molecule has 0 aliphatic heterocycles. The second kappa shape index (κ2) is 13.3. The van der Waals surface area contributed by atoms with Gasteiger partial charge in [-0.1, -0.05) is 31.0 Å². The molecule has 0 heterocycles. The van der Waals surface area contributed by atoms with Crippen molar-refractivity contribution < 1.29 is 29.7 Å². The summed E-state index contributed by atoms with van der Waals surface area (Å²) in [5, 5.41) is 35.6. The van der Waals surface area contributed by atoms with E-state index in [2.05, 4.69) is 10.6 Å². The molecule has 0 radical (unpaired) electrons. The van der Waals surface area contributed by atoms with Crippen LogP contribution in [0.15, 0.2) is 24.3 Å². The van der Waals surface area contributed by atoms with E-state index in [9.17, 15) is 25.1 Å². The molecule has 1 saturated carbocycles. The van der Waals surface area contributed by atoms with E-state index in [4.69, 9.17) is 9.57 Å². The van der Waals surface area contributed by atoms with Gasteiger partial charge in [0.1, 0.15) is 24.6 Å². The highest BCUT2D eigenvalue weighted by Crippen LogP contribution is 2.29. The monoisotopic (exact) mass is 467 g/mol. The number of ether oxygens (including phenoxy) is 1. The fourth-order valence-corrected chi connectivity index (χ4v) is 4.09. The zero-order chi connectivity index (χ0) is 24.3. The van der Waals surface area contributed by atoms with Crippen LogP contribution in [0, 0.1) is 16.0 Å². The van der Waals surface area contributed by atoms with Crippen molar-refractivity contribution in [1.29, 1.82) is 0 Å². The van der Waals surface area contributed by atoms with Crippen molar-refractivity contribution in [2.24, 2.45) is 5.92 Å². The van der Waals surface area contributed by atoms with Crippen molar-refractivity contribution in [3.8, 4) is 5.75 Å². The number of β-amino-alcohol motifs (C(OH)–C–C–N with tert-alkyl or cyclic N) is 1. The third kappa shape index (κ3) is 9.93. The Labute approximate surface area is 194 Å². The van der Waals surface area contributed by atoms with Gasteiger partial charge < -0.3 is 30.4 Å². The minimum Gasteiger partial charge on any atom is -0.490 e. The highest BCUT2D eigenvalue weighted by Gasteiger charge is 2.28. The van der Waals surface area contributed by atoms with Gasteiger partial charge in [-0.15, -0.1) is 10.1 Å². The molecule has 1 aromatic rings. The van der Waals surface area contributed by atoms with Crippen LogP contribution in [0.4, 0.5) is 0 Å². The Hall–Kier alpha value is -2.43. The van der Waals surface area contributed by atoms with Crippen LogP contribution in [-0.4, -0.2) is 58.7 Å². The zero-order valence-electron chi connectivity index (χ0n) is 19.5. The molecule has 10 heteroatoms. The number of nitrogens with zero attached hydrogens (tertiary/aromatic N) is 1. The molecule has 1 aliphatic rings. The molecule has 4 N–H and O–H groups in total. The van der Waals surface area contributed by atoms with E-state index in [1.165, 1.54) is 0 Å². The van der Waals surface area contributed by atoms with E-state index in [0.717, 1.165) is 19.3 Å². The van der Waals surface area contributed by atoms with Gasteiger partial charge in [0, 0.05) is 30.6 Å². The number of carbonyl (C=O) groups is 1. The molecule has 2 rings (SSSR count). The first kappa shape index (κ1) is 26.8. The summed E-state index contributed by atoms with van der Waals surface area (Å²) in [5.74, 6) is 0.473. The predicted octanol–water partition coefficient (Wildman–Crippen LogP) is 1.95. The number of hydrogen-bond donors (Lipinski definition) is 4.